The lowest BCUT2D eigenvalue weighted by atomic mass is 10.1. The number of hydrogen-bond donors (Lipinski definition) is 1. The number of amides is 1. The Labute approximate surface area is 118 Å². The van der Waals surface area contributed by atoms with Crippen LogP contribution in [0.4, 0.5) is 5.69 Å². The molecule has 7 heteroatoms. The summed E-state index contributed by atoms with van der Waals surface area (Å²) in [5, 5.41) is 8.86. The summed E-state index contributed by atoms with van der Waals surface area (Å²) >= 11 is 5.58. The maximum absolute atomic E-state index is 12.3. The van der Waals surface area contributed by atoms with E-state index in [4.69, 9.17) is 21.3 Å². The molecule has 0 spiro atoms. The number of carbonyl (C=O) groups excluding carboxylic acids is 1. The van der Waals surface area contributed by atoms with Crippen molar-refractivity contribution in [3.63, 3.8) is 0 Å². The third-order valence-electron chi connectivity index (χ3n) is 2.77. The molecule has 0 saturated heterocycles. The van der Waals surface area contributed by atoms with Crippen molar-refractivity contribution in [3.05, 3.63) is 39.7 Å². The first-order chi connectivity index (χ1) is 9.32. The van der Waals surface area contributed by atoms with Crippen molar-refractivity contribution in [1.82, 2.24) is 0 Å². The van der Waals surface area contributed by atoms with Gasteiger partial charge in [0.2, 0.25) is 5.43 Å². The molecule has 0 aliphatic carbocycles. The monoisotopic (exact) mass is 295 g/mol. The van der Waals surface area contributed by atoms with Crippen LogP contribution in [0.2, 0.25) is 0 Å². The molecule has 6 nitrogen and oxygen atoms in total. The van der Waals surface area contributed by atoms with Gasteiger partial charge in [-0.25, -0.2) is 9.21 Å². The molecule has 2 rings (SSSR count). The van der Waals surface area contributed by atoms with Gasteiger partial charge in [-0.05, 0) is 31.0 Å². The van der Waals surface area contributed by atoms with Gasteiger partial charge in [0, 0.05) is 11.8 Å². The van der Waals surface area contributed by atoms with Crippen LogP contribution in [-0.4, -0.2) is 17.0 Å². The number of benzene rings is 1. The lowest BCUT2D eigenvalue weighted by Crippen LogP contribution is -2.31. The van der Waals surface area contributed by atoms with E-state index in [0.717, 1.165) is 11.8 Å². The molecule has 1 N–H and O–H groups in total. The van der Waals surface area contributed by atoms with Crippen molar-refractivity contribution in [2.45, 2.75) is 13.8 Å². The number of carbonyl (C=O) groups is 2. The second-order valence-corrected chi connectivity index (χ2v) is 4.63. The zero-order chi connectivity index (χ0) is 15.0. The first-order valence-corrected chi connectivity index (χ1v) is 5.92. The van der Waals surface area contributed by atoms with Crippen LogP contribution in [0.1, 0.15) is 11.1 Å². The van der Waals surface area contributed by atoms with Gasteiger partial charge in [0.05, 0.1) is 5.39 Å². The number of anilines is 1. The maximum Gasteiger partial charge on any atom is 0.396 e. The third kappa shape index (κ3) is 2.25. The number of halogens is 1. The van der Waals surface area contributed by atoms with Crippen LogP contribution in [0.5, 0.6) is 0 Å². The van der Waals surface area contributed by atoms with Crippen LogP contribution in [-0.2, 0) is 9.59 Å². The van der Waals surface area contributed by atoms with E-state index in [1.807, 2.05) is 6.92 Å². The second kappa shape index (κ2) is 4.97. The molecule has 1 heterocycles. The normalized spacial score (nSPS) is 10.6. The fourth-order valence-electron chi connectivity index (χ4n) is 1.94. The summed E-state index contributed by atoms with van der Waals surface area (Å²) in [5.41, 5.74) is 1.02. The highest BCUT2D eigenvalue weighted by molar-refractivity contribution is 6.51. The average Bonchev–Trinajstić information content (AvgIpc) is 2.36. The summed E-state index contributed by atoms with van der Waals surface area (Å²) in [6.45, 7) is 3.57. The van der Waals surface area contributed by atoms with Crippen molar-refractivity contribution >= 4 is 40.3 Å². The van der Waals surface area contributed by atoms with Crippen LogP contribution < -0.4 is 9.85 Å². The predicted octanol–water partition coefficient (Wildman–Crippen LogP) is 1.98. The number of hydrogen-bond acceptors (Lipinski definition) is 4. The van der Waals surface area contributed by atoms with Gasteiger partial charge in [0.25, 0.3) is 0 Å². The minimum Gasteiger partial charge on any atom is -0.474 e. The number of aliphatic carboxylic acids is 1. The summed E-state index contributed by atoms with van der Waals surface area (Å²) < 4.78 is 5.51. The summed E-state index contributed by atoms with van der Waals surface area (Å²) in [6, 6.07) is 3.45. The zero-order valence-corrected chi connectivity index (χ0v) is 11.4. The van der Waals surface area contributed by atoms with Gasteiger partial charge in [-0.1, -0.05) is 6.07 Å². The minimum absolute atomic E-state index is 0.243. The number of carboxylic acids is 1. The molecular weight excluding hydrogens is 286 g/mol. The molecule has 0 atom stereocenters. The van der Waals surface area contributed by atoms with Gasteiger partial charge in [-0.3, -0.25) is 9.59 Å². The van der Waals surface area contributed by atoms with Crippen LogP contribution >= 0.6 is 11.8 Å². The van der Waals surface area contributed by atoms with E-state index in [9.17, 15) is 14.4 Å². The van der Waals surface area contributed by atoms with Crippen molar-refractivity contribution in [3.8, 4) is 0 Å². The topological polar surface area (TPSA) is 87.8 Å². The minimum atomic E-state index is -1.76. The Hall–Kier alpha value is -2.34. The number of fused-ring (bicyclic) bond motifs is 1. The zero-order valence-electron chi connectivity index (χ0n) is 10.6. The van der Waals surface area contributed by atoms with Gasteiger partial charge >= 0.3 is 11.9 Å². The molecule has 2 aromatic rings. The van der Waals surface area contributed by atoms with Crippen molar-refractivity contribution in [1.29, 1.82) is 0 Å². The quantitative estimate of drug-likeness (QED) is 0.642. The molecule has 104 valence electrons. The van der Waals surface area contributed by atoms with E-state index in [1.165, 1.54) is 0 Å². The van der Waals surface area contributed by atoms with E-state index >= 15 is 0 Å². The third-order valence-corrected chi connectivity index (χ3v) is 3.11. The van der Waals surface area contributed by atoms with Crippen molar-refractivity contribution in [2.75, 3.05) is 4.42 Å². The van der Waals surface area contributed by atoms with Crippen LogP contribution in [0.15, 0.2) is 27.6 Å². The summed E-state index contributed by atoms with van der Waals surface area (Å²) in [7, 11) is 0. The second-order valence-electron chi connectivity index (χ2n) is 4.30. The van der Waals surface area contributed by atoms with Crippen molar-refractivity contribution < 1.29 is 19.1 Å². The summed E-state index contributed by atoms with van der Waals surface area (Å²) in [5.74, 6) is -3.19. The van der Waals surface area contributed by atoms with E-state index < -0.39 is 17.3 Å². The molecule has 0 fully saturated rings. The molecule has 0 bridgehead atoms. The SMILES string of the molecule is Cc1cc(C)c2c(=O)c(N(Cl)C(=O)C(=O)O)coc2c1. The van der Waals surface area contributed by atoms with Crippen LogP contribution in [0.25, 0.3) is 11.0 Å². The van der Waals surface area contributed by atoms with E-state index in [-0.39, 0.29) is 15.5 Å². The Kier molecular flexibility index (Phi) is 3.50. The standard InChI is InChI=1S/C13H10ClNO5/c1-6-3-7(2)10-9(4-6)20-5-8(11(10)16)15(14)12(17)13(18)19/h3-5H,1-2H3,(H,18,19). The number of rotatable bonds is 1. The van der Waals surface area contributed by atoms with E-state index in [1.54, 1.807) is 19.1 Å². The smallest absolute Gasteiger partial charge is 0.396 e. The Bertz CT molecular complexity index is 780. The van der Waals surface area contributed by atoms with Gasteiger partial charge in [-0.15, -0.1) is 0 Å². The highest BCUT2D eigenvalue weighted by Gasteiger charge is 2.25. The van der Waals surface area contributed by atoms with E-state index in [0.29, 0.717) is 11.1 Å². The van der Waals surface area contributed by atoms with Crippen molar-refractivity contribution in [2.24, 2.45) is 0 Å². The fourth-order valence-corrected chi connectivity index (χ4v) is 2.13. The molecule has 1 aromatic heterocycles. The van der Waals surface area contributed by atoms with Gasteiger partial charge in [0.15, 0.2) is 0 Å². The Balaban J connectivity index is 2.70. The fraction of sp³-hybridized carbons (Fsp3) is 0.154. The highest BCUT2D eigenvalue weighted by Crippen LogP contribution is 2.22. The molecule has 1 amide bonds. The van der Waals surface area contributed by atoms with Gasteiger partial charge in [-0.2, -0.15) is 0 Å². The first kappa shape index (κ1) is 14.1. The Morgan fingerprint density at radius 3 is 2.55 bits per heavy atom. The lowest BCUT2D eigenvalue weighted by Gasteiger charge is -2.11. The molecule has 0 saturated carbocycles. The highest BCUT2D eigenvalue weighted by atomic mass is 35.5. The number of aryl methyl sites for hydroxylation is 2. The molecule has 20 heavy (non-hydrogen) atoms. The maximum atomic E-state index is 12.3. The van der Waals surface area contributed by atoms with Gasteiger partial charge < -0.3 is 9.52 Å². The molecule has 0 unspecified atom stereocenters. The molecule has 0 radical (unpaired) electrons. The van der Waals surface area contributed by atoms with Crippen LogP contribution in [0.3, 0.4) is 0 Å². The molecular formula is C13H10ClNO5. The Morgan fingerprint density at radius 2 is 1.95 bits per heavy atom. The Morgan fingerprint density at radius 1 is 1.30 bits per heavy atom. The average molecular weight is 296 g/mol. The van der Waals surface area contributed by atoms with E-state index in [2.05, 4.69) is 0 Å². The summed E-state index contributed by atoms with van der Waals surface area (Å²) in [4.78, 5) is 34.2. The largest absolute Gasteiger partial charge is 0.474 e. The van der Waals surface area contributed by atoms with Crippen LogP contribution in [0, 0.1) is 13.8 Å². The predicted molar refractivity (Wildman–Crippen MR) is 72.9 cm³/mol. The molecule has 1 aromatic carbocycles. The van der Waals surface area contributed by atoms with Gasteiger partial charge in [0.1, 0.15) is 17.5 Å². The summed E-state index contributed by atoms with van der Waals surface area (Å²) in [6.07, 6.45) is 0.970. The number of carboxylic acid groups (broad SMARTS) is 1. The molecule has 0 aliphatic rings. The molecule has 0 aliphatic heterocycles. The number of nitrogens with zero attached hydrogens (tertiary/aromatic N) is 1. The first-order valence-electron chi connectivity index (χ1n) is 5.59. The lowest BCUT2D eigenvalue weighted by molar-refractivity contribution is -0.148.